The predicted octanol–water partition coefficient (Wildman–Crippen LogP) is 4.09. The highest BCUT2D eigenvalue weighted by Gasteiger charge is 2.45. The Balaban J connectivity index is 1.58. The Morgan fingerprint density at radius 1 is 1.04 bits per heavy atom. The summed E-state index contributed by atoms with van der Waals surface area (Å²) in [5.74, 6) is -0.321. The molecule has 0 spiro atoms. The molecule has 1 aliphatic rings. The fourth-order valence-corrected chi connectivity index (χ4v) is 3.43. The summed E-state index contributed by atoms with van der Waals surface area (Å²) in [6, 6.07) is 13.4. The number of urea groups is 1. The molecular weight excluding hydrogens is 357 g/mol. The molecule has 3 N–H and O–H groups in total. The Bertz CT molecular complexity index is 828. The molecule has 1 aliphatic carbocycles. The smallest absolute Gasteiger partial charge is 0.319 e. The number of hydrogen-bond acceptors (Lipinski definition) is 2. The van der Waals surface area contributed by atoms with Gasteiger partial charge in [-0.1, -0.05) is 30.7 Å². The number of benzene rings is 2. The van der Waals surface area contributed by atoms with E-state index in [0.717, 1.165) is 30.4 Å². The molecule has 0 aromatic heterocycles. The van der Waals surface area contributed by atoms with Gasteiger partial charge in [0, 0.05) is 18.3 Å². The molecule has 0 aliphatic heterocycles. The van der Waals surface area contributed by atoms with Gasteiger partial charge in [-0.15, -0.1) is 0 Å². The van der Waals surface area contributed by atoms with E-state index in [9.17, 15) is 14.0 Å². The molecule has 0 radical (unpaired) electrons. The van der Waals surface area contributed by atoms with Gasteiger partial charge < -0.3 is 16.0 Å². The second-order valence-corrected chi connectivity index (χ2v) is 7.58. The fourth-order valence-electron chi connectivity index (χ4n) is 3.43. The van der Waals surface area contributed by atoms with Crippen LogP contribution in [0.25, 0.3) is 0 Å². The lowest BCUT2D eigenvalue weighted by molar-refractivity contribution is -0.130. The summed E-state index contributed by atoms with van der Waals surface area (Å²) in [6.45, 7) is 4.19. The second-order valence-electron chi connectivity index (χ2n) is 7.58. The van der Waals surface area contributed by atoms with Crippen molar-refractivity contribution >= 4 is 17.6 Å². The van der Waals surface area contributed by atoms with E-state index in [-0.39, 0.29) is 23.8 Å². The van der Waals surface area contributed by atoms with E-state index in [2.05, 4.69) is 16.0 Å². The highest BCUT2D eigenvalue weighted by molar-refractivity contribution is 5.90. The Morgan fingerprint density at radius 2 is 1.68 bits per heavy atom. The van der Waals surface area contributed by atoms with E-state index >= 15 is 0 Å². The average molecular weight is 383 g/mol. The van der Waals surface area contributed by atoms with Gasteiger partial charge in [-0.05, 0) is 62.1 Å². The van der Waals surface area contributed by atoms with Gasteiger partial charge >= 0.3 is 6.03 Å². The standard InChI is InChI=1S/C22H26FN3O2/c1-15(2)25-21(28)26-19-10-4-16(5-11-19)14-24-20(27)22(12-3-13-22)17-6-8-18(23)9-7-17/h4-11,15H,3,12-14H2,1-2H3,(H,24,27)(H2,25,26,28). The van der Waals surface area contributed by atoms with Crippen molar-refractivity contribution in [2.75, 3.05) is 5.32 Å². The molecule has 148 valence electrons. The van der Waals surface area contributed by atoms with Gasteiger partial charge in [0.25, 0.3) is 0 Å². The van der Waals surface area contributed by atoms with Gasteiger partial charge in [0.1, 0.15) is 5.82 Å². The van der Waals surface area contributed by atoms with Crippen LogP contribution in [0.15, 0.2) is 48.5 Å². The molecule has 0 saturated heterocycles. The first kappa shape index (κ1) is 19.9. The zero-order chi connectivity index (χ0) is 20.1. The van der Waals surface area contributed by atoms with Crippen LogP contribution in [0.2, 0.25) is 0 Å². The van der Waals surface area contributed by atoms with Crippen molar-refractivity contribution in [3.8, 4) is 0 Å². The summed E-state index contributed by atoms with van der Waals surface area (Å²) < 4.78 is 13.2. The van der Waals surface area contributed by atoms with Crippen molar-refractivity contribution in [2.24, 2.45) is 0 Å². The molecule has 28 heavy (non-hydrogen) atoms. The van der Waals surface area contributed by atoms with Crippen LogP contribution < -0.4 is 16.0 Å². The highest BCUT2D eigenvalue weighted by atomic mass is 19.1. The fraction of sp³-hybridized carbons (Fsp3) is 0.364. The lowest BCUT2D eigenvalue weighted by Crippen LogP contribution is -2.49. The molecule has 1 saturated carbocycles. The van der Waals surface area contributed by atoms with E-state index in [1.165, 1.54) is 12.1 Å². The van der Waals surface area contributed by atoms with E-state index in [0.29, 0.717) is 12.2 Å². The second kappa shape index (κ2) is 8.42. The number of carbonyl (C=O) groups is 2. The zero-order valence-electron chi connectivity index (χ0n) is 16.2. The third-order valence-electron chi connectivity index (χ3n) is 5.12. The first-order chi connectivity index (χ1) is 13.4. The van der Waals surface area contributed by atoms with Crippen LogP contribution in [-0.4, -0.2) is 18.0 Å². The van der Waals surface area contributed by atoms with Crippen LogP contribution >= 0.6 is 0 Å². The van der Waals surface area contributed by atoms with Crippen molar-refractivity contribution in [2.45, 2.75) is 51.1 Å². The molecule has 3 amide bonds. The summed E-state index contributed by atoms with van der Waals surface area (Å²) in [6.07, 6.45) is 2.54. The molecule has 5 nitrogen and oxygen atoms in total. The Kier molecular flexibility index (Phi) is 5.97. The third-order valence-corrected chi connectivity index (χ3v) is 5.12. The molecule has 3 rings (SSSR count). The maximum atomic E-state index is 13.2. The summed E-state index contributed by atoms with van der Waals surface area (Å²) in [5.41, 5.74) is 1.95. The summed E-state index contributed by atoms with van der Waals surface area (Å²) in [5, 5.41) is 8.54. The van der Waals surface area contributed by atoms with Crippen molar-refractivity contribution < 1.29 is 14.0 Å². The number of hydrogen-bond donors (Lipinski definition) is 3. The van der Waals surface area contributed by atoms with Crippen LogP contribution in [-0.2, 0) is 16.8 Å². The first-order valence-electron chi connectivity index (χ1n) is 9.60. The lowest BCUT2D eigenvalue weighted by Gasteiger charge is -2.40. The third kappa shape index (κ3) is 4.50. The van der Waals surface area contributed by atoms with Gasteiger partial charge in [-0.2, -0.15) is 0 Å². The van der Waals surface area contributed by atoms with Crippen molar-refractivity contribution in [3.63, 3.8) is 0 Å². The number of nitrogens with one attached hydrogen (secondary N) is 3. The molecule has 0 bridgehead atoms. The van der Waals surface area contributed by atoms with Crippen LogP contribution in [0.4, 0.5) is 14.9 Å². The minimum atomic E-state index is -0.551. The summed E-state index contributed by atoms with van der Waals surface area (Å²) in [4.78, 5) is 24.6. The molecule has 0 unspecified atom stereocenters. The summed E-state index contributed by atoms with van der Waals surface area (Å²) >= 11 is 0. The van der Waals surface area contributed by atoms with Crippen molar-refractivity contribution in [1.82, 2.24) is 10.6 Å². The van der Waals surface area contributed by atoms with E-state index in [1.54, 1.807) is 24.3 Å². The highest BCUT2D eigenvalue weighted by Crippen LogP contribution is 2.44. The summed E-state index contributed by atoms with van der Waals surface area (Å²) in [7, 11) is 0. The minimum absolute atomic E-state index is 0.0242. The molecule has 0 atom stereocenters. The van der Waals surface area contributed by atoms with Crippen LogP contribution in [0.5, 0.6) is 0 Å². The molecule has 6 heteroatoms. The molecular formula is C22H26FN3O2. The van der Waals surface area contributed by atoms with Gasteiger partial charge in [-0.25, -0.2) is 9.18 Å². The van der Waals surface area contributed by atoms with Crippen LogP contribution in [0.3, 0.4) is 0 Å². The zero-order valence-corrected chi connectivity index (χ0v) is 16.2. The number of halogens is 1. The quantitative estimate of drug-likeness (QED) is 0.703. The SMILES string of the molecule is CC(C)NC(=O)Nc1ccc(CNC(=O)C2(c3ccc(F)cc3)CCC2)cc1. The number of amides is 3. The van der Waals surface area contributed by atoms with E-state index in [4.69, 9.17) is 0 Å². The van der Waals surface area contributed by atoms with Crippen molar-refractivity contribution in [1.29, 1.82) is 0 Å². The Hall–Kier alpha value is -2.89. The normalized spacial score (nSPS) is 14.9. The Labute approximate surface area is 164 Å². The van der Waals surface area contributed by atoms with Crippen molar-refractivity contribution in [3.05, 3.63) is 65.5 Å². The van der Waals surface area contributed by atoms with E-state index in [1.807, 2.05) is 26.0 Å². The molecule has 2 aromatic rings. The minimum Gasteiger partial charge on any atom is -0.351 e. The molecule has 0 heterocycles. The average Bonchev–Trinajstić information content (AvgIpc) is 2.61. The largest absolute Gasteiger partial charge is 0.351 e. The molecule has 2 aromatic carbocycles. The number of carbonyl (C=O) groups excluding carboxylic acids is 2. The number of rotatable bonds is 6. The van der Waals surface area contributed by atoms with Crippen LogP contribution in [0.1, 0.15) is 44.2 Å². The lowest BCUT2D eigenvalue weighted by atomic mass is 9.64. The van der Waals surface area contributed by atoms with Gasteiger partial charge in [0.2, 0.25) is 5.91 Å². The topological polar surface area (TPSA) is 70.2 Å². The van der Waals surface area contributed by atoms with E-state index < -0.39 is 5.41 Å². The maximum absolute atomic E-state index is 13.2. The monoisotopic (exact) mass is 383 g/mol. The Morgan fingerprint density at radius 3 is 2.21 bits per heavy atom. The first-order valence-corrected chi connectivity index (χ1v) is 9.60. The van der Waals surface area contributed by atoms with Gasteiger partial charge in [0.05, 0.1) is 5.41 Å². The number of anilines is 1. The maximum Gasteiger partial charge on any atom is 0.319 e. The van der Waals surface area contributed by atoms with Crippen LogP contribution in [0, 0.1) is 5.82 Å². The van der Waals surface area contributed by atoms with Gasteiger partial charge in [-0.3, -0.25) is 4.79 Å². The predicted molar refractivity (Wildman–Crippen MR) is 108 cm³/mol. The molecule has 1 fully saturated rings. The van der Waals surface area contributed by atoms with Gasteiger partial charge in [0.15, 0.2) is 0 Å².